The first-order chi connectivity index (χ1) is 12.2. The number of pyridine rings is 1. The quantitative estimate of drug-likeness (QED) is 0.708. The summed E-state index contributed by atoms with van der Waals surface area (Å²) in [4.78, 5) is 12.7. The Morgan fingerprint density at radius 1 is 1.04 bits per heavy atom. The molecule has 1 N–H and O–H groups in total. The van der Waals surface area contributed by atoms with Crippen LogP contribution in [0, 0.1) is 0 Å². The highest BCUT2D eigenvalue weighted by Crippen LogP contribution is 2.29. The first-order valence-corrected chi connectivity index (χ1v) is 8.43. The van der Waals surface area contributed by atoms with Crippen molar-refractivity contribution in [1.29, 1.82) is 0 Å². The van der Waals surface area contributed by atoms with Gasteiger partial charge in [0.25, 0.3) is 0 Å². The van der Waals surface area contributed by atoms with E-state index in [9.17, 15) is 0 Å². The summed E-state index contributed by atoms with van der Waals surface area (Å²) < 4.78 is 5.89. The van der Waals surface area contributed by atoms with Crippen molar-refractivity contribution < 1.29 is 4.74 Å². The summed E-state index contributed by atoms with van der Waals surface area (Å²) in [6.07, 6.45) is 6.22. The van der Waals surface area contributed by atoms with Crippen LogP contribution in [0.1, 0.15) is 19.4 Å². The molecule has 2 heterocycles. The van der Waals surface area contributed by atoms with Gasteiger partial charge in [0.2, 0.25) is 0 Å². The van der Waals surface area contributed by atoms with Crippen molar-refractivity contribution >= 4 is 5.82 Å². The lowest BCUT2D eigenvalue weighted by Gasteiger charge is -2.14. The van der Waals surface area contributed by atoms with Crippen LogP contribution in [-0.2, 0) is 6.42 Å². The van der Waals surface area contributed by atoms with Gasteiger partial charge in [-0.25, -0.2) is 9.97 Å². The van der Waals surface area contributed by atoms with Gasteiger partial charge < -0.3 is 10.1 Å². The predicted molar refractivity (Wildman–Crippen MR) is 99.7 cm³/mol. The second-order valence-corrected chi connectivity index (χ2v) is 5.98. The summed E-state index contributed by atoms with van der Waals surface area (Å²) in [5.74, 6) is 1.64. The lowest BCUT2D eigenvalue weighted by molar-refractivity contribution is 0.243. The number of para-hydroxylation sites is 1. The van der Waals surface area contributed by atoms with Crippen molar-refractivity contribution in [2.24, 2.45) is 0 Å². The van der Waals surface area contributed by atoms with Crippen LogP contribution in [0.4, 0.5) is 5.82 Å². The Labute approximate surface area is 148 Å². The lowest BCUT2D eigenvalue weighted by atomic mass is 10.1. The van der Waals surface area contributed by atoms with Crippen LogP contribution in [0.15, 0.2) is 61.2 Å². The predicted octanol–water partition coefficient (Wildman–Crippen LogP) is 3.98. The first-order valence-electron chi connectivity index (χ1n) is 8.43. The summed E-state index contributed by atoms with van der Waals surface area (Å²) in [7, 11) is 0. The van der Waals surface area contributed by atoms with E-state index in [1.807, 2.05) is 68.7 Å². The normalized spacial score (nSPS) is 10.7. The van der Waals surface area contributed by atoms with Gasteiger partial charge in [-0.2, -0.15) is 0 Å². The molecule has 128 valence electrons. The Kier molecular flexibility index (Phi) is 5.57. The fourth-order valence-electron chi connectivity index (χ4n) is 2.52. The Morgan fingerprint density at radius 2 is 1.84 bits per heavy atom. The Balaban J connectivity index is 1.71. The number of rotatable bonds is 7. The topological polar surface area (TPSA) is 59.9 Å². The van der Waals surface area contributed by atoms with Crippen molar-refractivity contribution in [2.45, 2.75) is 26.4 Å². The zero-order chi connectivity index (χ0) is 17.5. The number of aromatic nitrogens is 3. The third-order valence-electron chi connectivity index (χ3n) is 3.66. The Morgan fingerprint density at radius 3 is 2.64 bits per heavy atom. The van der Waals surface area contributed by atoms with Crippen molar-refractivity contribution in [1.82, 2.24) is 15.0 Å². The van der Waals surface area contributed by atoms with Crippen LogP contribution >= 0.6 is 0 Å². The van der Waals surface area contributed by atoms with Crippen molar-refractivity contribution in [3.8, 4) is 17.0 Å². The Bertz CT molecular complexity index is 806. The largest absolute Gasteiger partial charge is 0.490 e. The average Bonchev–Trinajstić information content (AvgIpc) is 2.63. The van der Waals surface area contributed by atoms with E-state index >= 15 is 0 Å². The number of hydrogen-bond donors (Lipinski definition) is 1. The zero-order valence-corrected chi connectivity index (χ0v) is 14.5. The standard InChI is InChI=1S/C20H22N4O/c1-15(2)25-19-6-4-3-5-17(19)18-13-20(24-14-23-18)22-12-9-16-7-10-21-11-8-16/h3-8,10-11,13-15H,9,12H2,1-2H3,(H,22,23,24). The minimum atomic E-state index is 0.112. The minimum Gasteiger partial charge on any atom is -0.490 e. The molecule has 0 saturated carbocycles. The molecule has 0 atom stereocenters. The van der Waals surface area contributed by atoms with E-state index in [0.29, 0.717) is 0 Å². The van der Waals surface area contributed by atoms with Crippen LogP contribution in [-0.4, -0.2) is 27.6 Å². The number of nitrogens with zero attached hydrogens (tertiary/aromatic N) is 3. The van der Waals surface area contributed by atoms with Gasteiger partial charge in [0.15, 0.2) is 0 Å². The number of nitrogens with one attached hydrogen (secondary N) is 1. The molecule has 3 rings (SSSR count). The minimum absolute atomic E-state index is 0.112. The molecular weight excluding hydrogens is 312 g/mol. The molecule has 1 aromatic carbocycles. The molecule has 0 fully saturated rings. The number of ether oxygens (including phenoxy) is 1. The van der Waals surface area contributed by atoms with Crippen molar-refractivity contribution in [3.05, 3.63) is 66.7 Å². The first kappa shape index (κ1) is 16.9. The van der Waals surface area contributed by atoms with Gasteiger partial charge in [-0.1, -0.05) is 12.1 Å². The maximum Gasteiger partial charge on any atom is 0.129 e. The molecule has 0 spiro atoms. The SMILES string of the molecule is CC(C)Oc1ccccc1-c1cc(NCCc2ccncc2)ncn1. The van der Waals surface area contributed by atoms with Crippen molar-refractivity contribution in [3.63, 3.8) is 0 Å². The second kappa shape index (κ2) is 8.24. The molecule has 0 bridgehead atoms. The van der Waals surface area contributed by atoms with E-state index in [4.69, 9.17) is 4.74 Å². The Hall–Kier alpha value is -2.95. The van der Waals surface area contributed by atoms with Gasteiger partial charge in [-0.15, -0.1) is 0 Å². The van der Waals surface area contributed by atoms with Crippen LogP contribution in [0.25, 0.3) is 11.3 Å². The molecule has 3 aromatic rings. The molecular formula is C20H22N4O. The van der Waals surface area contributed by atoms with Gasteiger partial charge in [-0.3, -0.25) is 4.98 Å². The van der Waals surface area contributed by atoms with Gasteiger partial charge >= 0.3 is 0 Å². The second-order valence-electron chi connectivity index (χ2n) is 5.98. The molecule has 0 aliphatic carbocycles. The molecule has 5 nitrogen and oxygen atoms in total. The summed E-state index contributed by atoms with van der Waals surface area (Å²) >= 11 is 0. The lowest BCUT2D eigenvalue weighted by Crippen LogP contribution is -2.08. The van der Waals surface area contributed by atoms with Gasteiger partial charge in [0, 0.05) is 30.6 Å². The van der Waals surface area contributed by atoms with E-state index in [-0.39, 0.29) is 6.10 Å². The highest BCUT2D eigenvalue weighted by atomic mass is 16.5. The van der Waals surface area contributed by atoms with Crippen LogP contribution in [0.2, 0.25) is 0 Å². The average molecular weight is 334 g/mol. The molecule has 0 radical (unpaired) electrons. The highest BCUT2D eigenvalue weighted by molar-refractivity contribution is 5.68. The van der Waals surface area contributed by atoms with Crippen molar-refractivity contribution in [2.75, 3.05) is 11.9 Å². The molecule has 5 heteroatoms. The molecule has 25 heavy (non-hydrogen) atoms. The highest BCUT2D eigenvalue weighted by Gasteiger charge is 2.09. The third-order valence-corrected chi connectivity index (χ3v) is 3.66. The molecule has 0 saturated heterocycles. The number of benzene rings is 1. The summed E-state index contributed by atoms with van der Waals surface area (Å²) in [5, 5.41) is 3.35. The van der Waals surface area contributed by atoms with E-state index < -0.39 is 0 Å². The van der Waals surface area contributed by atoms with Crippen LogP contribution in [0.3, 0.4) is 0 Å². The fourth-order valence-corrected chi connectivity index (χ4v) is 2.52. The van der Waals surface area contributed by atoms with Crippen LogP contribution < -0.4 is 10.1 Å². The molecule has 2 aromatic heterocycles. The monoisotopic (exact) mass is 334 g/mol. The zero-order valence-electron chi connectivity index (χ0n) is 14.5. The van der Waals surface area contributed by atoms with Gasteiger partial charge in [-0.05, 0) is 50.1 Å². The summed E-state index contributed by atoms with van der Waals surface area (Å²) in [5.41, 5.74) is 3.06. The fraction of sp³-hybridized carbons (Fsp3) is 0.250. The van der Waals surface area contributed by atoms with Gasteiger partial charge in [0.1, 0.15) is 17.9 Å². The number of anilines is 1. The summed E-state index contributed by atoms with van der Waals surface area (Å²) in [6.45, 7) is 4.83. The molecule has 0 amide bonds. The van der Waals surface area contributed by atoms with Crippen LogP contribution in [0.5, 0.6) is 5.75 Å². The number of hydrogen-bond acceptors (Lipinski definition) is 5. The smallest absolute Gasteiger partial charge is 0.129 e. The van der Waals surface area contributed by atoms with E-state index in [0.717, 1.165) is 35.8 Å². The summed E-state index contributed by atoms with van der Waals surface area (Å²) in [6, 6.07) is 13.9. The van der Waals surface area contributed by atoms with E-state index in [1.54, 1.807) is 6.33 Å². The molecule has 0 aliphatic rings. The van der Waals surface area contributed by atoms with E-state index in [1.165, 1.54) is 5.56 Å². The third kappa shape index (κ3) is 4.76. The van der Waals surface area contributed by atoms with Gasteiger partial charge in [0.05, 0.1) is 11.8 Å². The molecule has 0 unspecified atom stereocenters. The maximum atomic E-state index is 5.89. The molecule has 0 aliphatic heterocycles. The van der Waals surface area contributed by atoms with E-state index in [2.05, 4.69) is 20.3 Å². The maximum absolute atomic E-state index is 5.89.